The molecule has 8 heteroatoms. The number of piperidine rings is 1. The Bertz CT molecular complexity index is 606. The average molecular weight is 308 g/mol. The molecule has 0 radical (unpaired) electrons. The van der Waals surface area contributed by atoms with Gasteiger partial charge in [0.2, 0.25) is 5.95 Å². The maximum Gasteiger partial charge on any atom is 0.223 e. The van der Waals surface area contributed by atoms with Crippen LogP contribution in [0.1, 0.15) is 12.8 Å². The van der Waals surface area contributed by atoms with Crippen molar-refractivity contribution in [2.45, 2.75) is 18.9 Å². The molecule has 0 saturated carbocycles. The van der Waals surface area contributed by atoms with Crippen LogP contribution in [0.25, 0.3) is 0 Å². The maximum atomic E-state index is 5.90. The minimum atomic E-state index is 0.185. The van der Waals surface area contributed by atoms with Crippen molar-refractivity contribution in [1.82, 2.24) is 19.7 Å². The lowest BCUT2D eigenvalue weighted by atomic mass is 10.1. The third-order valence-corrected chi connectivity index (χ3v) is 3.74. The summed E-state index contributed by atoms with van der Waals surface area (Å²) in [7, 11) is 1.93. The SMILES string of the molecule is Cn1cc(N2CCC[C@H](Nc3cc(Cl)nc(N)n3)C2)cn1. The molecule has 3 heterocycles. The lowest BCUT2D eigenvalue weighted by molar-refractivity contribution is 0.529. The minimum Gasteiger partial charge on any atom is -0.368 e. The molecule has 3 rings (SSSR count). The van der Waals surface area contributed by atoms with Crippen molar-refractivity contribution in [2.24, 2.45) is 7.05 Å². The van der Waals surface area contributed by atoms with Crippen LogP contribution in [0.2, 0.25) is 5.15 Å². The van der Waals surface area contributed by atoms with E-state index in [-0.39, 0.29) is 5.95 Å². The number of nitrogens with zero attached hydrogens (tertiary/aromatic N) is 5. The number of nitrogens with two attached hydrogens (primary N) is 1. The van der Waals surface area contributed by atoms with Gasteiger partial charge >= 0.3 is 0 Å². The maximum absolute atomic E-state index is 5.90. The minimum absolute atomic E-state index is 0.185. The Labute approximate surface area is 128 Å². The molecule has 2 aromatic heterocycles. The van der Waals surface area contributed by atoms with Gasteiger partial charge in [0.25, 0.3) is 0 Å². The molecule has 0 unspecified atom stereocenters. The smallest absolute Gasteiger partial charge is 0.223 e. The van der Waals surface area contributed by atoms with Crippen LogP contribution < -0.4 is 16.0 Å². The highest BCUT2D eigenvalue weighted by Crippen LogP contribution is 2.21. The van der Waals surface area contributed by atoms with Crippen LogP contribution in [0.15, 0.2) is 18.5 Å². The number of nitrogen functional groups attached to an aromatic ring is 1. The first-order valence-electron chi connectivity index (χ1n) is 6.90. The highest BCUT2D eigenvalue weighted by molar-refractivity contribution is 6.29. The normalized spacial score (nSPS) is 18.8. The summed E-state index contributed by atoms with van der Waals surface area (Å²) in [5.74, 6) is 0.857. The average Bonchev–Trinajstić information content (AvgIpc) is 2.84. The first-order chi connectivity index (χ1) is 10.1. The van der Waals surface area contributed by atoms with Crippen LogP contribution in [-0.2, 0) is 7.05 Å². The third-order valence-electron chi connectivity index (χ3n) is 3.54. The van der Waals surface area contributed by atoms with Gasteiger partial charge in [-0.3, -0.25) is 4.68 Å². The highest BCUT2D eigenvalue weighted by Gasteiger charge is 2.21. The molecule has 2 aromatic rings. The highest BCUT2D eigenvalue weighted by atomic mass is 35.5. The number of hydrogen-bond donors (Lipinski definition) is 2. The Balaban J connectivity index is 1.68. The Morgan fingerprint density at radius 2 is 2.29 bits per heavy atom. The molecule has 1 saturated heterocycles. The molecular formula is C13H18ClN7. The number of aryl methyl sites for hydroxylation is 1. The van der Waals surface area contributed by atoms with Crippen LogP contribution in [0, 0.1) is 0 Å². The summed E-state index contributed by atoms with van der Waals surface area (Å²) >= 11 is 5.90. The van der Waals surface area contributed by atoms with Gasteiger partial charge in [-0.2, -0.15) is 10.1 Å². The molecule has 0 aromatic carbocycles. The van der Waals surface area contributed by atoms with Crippen molar-refractivity contribution in [1.29, 1.82) is 0 Å². The summed E-state index contributed by atoms with van der Waals surface area (Å²) in [5.41, 5.74) is 6.76. The van der Waals surface area contributed by atoms with E-state index < -0.39 is 0 Å². The number of anilines is 3. The molecule has 7 nitrogen and oxygen atoms in total. The van der Waals surface area contributed by atoms with Crippen molar-refractivity contribution in [3.05, 3.63) is 23.6 Å². The van der Waals surface area contributed by atoms with Crippen molar-refractivity contribution < 1.29 is 0 Å². The second-order valence-corrected chi connectivity index (χ2v) is 5.62. The fourth-order valence-corrected chi connectivity index (χ4v) is 2.81. The van der Waals surface area contributed by atoms with Crippen molar-refractivity contribution in [3.63, 3.8) is 0 Å². The topological polar surface area (TPSA) is 84.9 Å². The Hall–Kier alpha value is -2.02. The molecule has 0 bridgehead atoms. The summed E-state index contributed by atoms with van der Waals surface area (Å²) in [6.45, 7) is 1.93. The Morgan fingerprint density at radius 1 is 1.43 bits per heavy atom. The van der Waals surface area contributed by atoms with Crippen LogP contribution >= 0.6 is 11.6 Å². The number of halogens is 1. The van der Waals surface area contributed by atoms with E-state index in [1.807, 2.05) is 24.1 Å². The van der Waals surface area contributed by atoms with E-state index in [4.69, 9.17) is 17.3 Å². The third kappa shape index (κ3) is 3.36. The molecule has 112 valence electrons. The van der Waals surface area contributed by atoms with Gasteiger partial charge in [-0.05, 0) is 12.8 Å². The lowest BCUT2D eigenvalue weighted by Gasteiger charge is -2.34. The quantitative estimate of drug-likeness (QED) is 0.837. The molecule has 0 spiro atoms. The predicted octanol–water partition coefficient (Wildman–Crippen LogP) is 1.53. The van der Waals surface area contributed by atoms with E-state index in [1.165, 1.54) is 0 Å². The van der Waals surface area contributed by atoms with E-state index in [2.05, 4.69) is 25.3 Å². The molecule has 3 N–H and O–H groups in total. The summed E-state index contributed by atoms with van der Waals surface area (Å²) in [6.07, 6.45) is 6.11. The Morgan fingerprint density at radius 3 is 3.00 bits per heavy atom. The van der Waals surface area contributed by atoms with Crippen molar-refractivity contribution >= 4 is 29.1 Å². The fraction of sp³-hybridized carbons (Fsp3) is 0.462. The van der Waals surface area contributed by atoms with Crippen LogP contribution in [0.4, 0.5) is 17.5 Å². The predicted molar refractivity (Wildman–Crippen MR) is 83.5 cm³/mol. The summed E-state index contributed by atoms with van der Waals surface area (Å²) in [6, 6.07) is 1.99. The number of rotatable bonds is 3. The van der Waals surface area contributed by atoms with Gasteiger partial charge in [-0.25, -0.2) is 4.98 Å². The van der Waals surface area contributed by atoms with E-state index in [0.717, 1.165) is 31.6 Å². The fourth-order valence-electron chi connectivity index (χ4n) is 2.62. The van der Waals surface area contributed by atoms with Gasteiger partial charge < -0.3 is 16.0 Å². The number of nitrogens with one attached hydrogen (secondary N) is 1. The van der Waals surface area contributed by atoms with Crippen molar-refractivity contribution in [3.8, 4) is 0 Å². The zero-order valence-electron chi connectivity index (χ0n) is 11.8. The van der Waals surface area contributed by atoms with Gasteiger partial charge in [-0.15, -0.1) is 0 Å². The van der Waals surface area contributed by atoms with Crippen LogP contribution in [0.3, 0.4) is 0 Å². The van der Waals surface area contributed by atoms with Crippen LogP contribution in [0.5, 0.6) is 0 Å². The largest absolute Gasteiger partial charge is 0.368 e. The van der Waals surface area contributed by atoms with Gasteiger partial charge in [0.1, 0.15) is 11.0 Å². The van der Waals surface area contributed by atoms with Gasteiger partial charge in [0.15, 0.2) is 0 Å². The van der Waals surface area contributed by atoms with Gasteiger partial charge in [0, 0.05) is 38.4 Å². The second kappa shape index (κ2) is 5.77. The molecular weight excluding hydrogens is 290 g/mol. The zero-order chi connectivity index (χ0) is 14.8. The second-order valence-electron chi connectivity index (χ2n) is 5.24. The van der Waals surface area contributed by atoms with Crippen LogP contribution in [-0.4, -0.2) is 38.9 Å². The number of aromatic nitrogens is 4. The summed E-state index contributed by atoms with van der Waals surface area (Å²) in [5, 5.41) is 7.96. The molecule has 1 aliphatic heterocycles. The van der Waals surface area contributed by atoms with E-state index in [0.29, 0.717) is 17.0 Å². The lowest BCUT2D eigenvalue weighted by Crippen LogP contribution is -2.42. The molecule has 0 aliphatic carbocycles. The Kier molecular flexibility index (Phi) is 3.83. The van der Waals surface area contributed by atoms with Gasteiger partial charge in [0.05, 0.1) is 11.9 Å². The molecule has 1 atom stereocenters. The molecule has 1 aliphatic rings. The first-order valence-corrected chi connectivity index (χ1v) is 7.28. The molecule has 0 amide bonds. The monoisotopic (exact) mass is 307 g/mol. The summed E-state index contributed by atoms with van der Waals surface area (Å²) in [4.78, 5) is 10.3. The zero-order valence-corrected chi connectivity index (χ0v) is 12.6. The molecule has 1 fully saturated rings. The molecule has 21 heavy (non-hydrogen) atoms. The van der Waals surface area contributed by atoms with E-state index in [9.17, 15) is 0 Å². The van der Waals surface area contributed by atoms with Gasteiger partial charge in [-0.1, -0.05) is 11.6 Å². The first kappa shape index (κ1) is 13.9. The van der Waals surface area contributed by atoms with Crippen molar-refractivity contribution in [2.75, 3.05) is 29.0 Å². The standard InChI is InChI=1S/C13H18ClN7/c1-20-8-10(6-16-20)21-4-2-3-9(7-21)17-12-5-11(14)18-13(15)19-12/h5-6,8-9H,2-4,7H2,1H3,(H3,15,17,18,19)/t9-/m0/s1. The van der Waals surface area contributed by atoms with E-state index in [1.54, 1.807) is 6.07 Å². The summed E-state index contributed by atoms with van der Waals surface area (Å²) < 4.78 is 1.82. The number of hydrogen-bond acceptors (Lipinski definition) is 6. The van der Waals surface area contributed by atoms with E-state index >= 15 is 0 Å².